The molecule has 108 valence electrons. The van der Waals surface area contributed by atoms with Crippen molar-refractivity contribution in [1.82, 2.24) is 0 Å². The highest BCUT2D eigenvalue weighted by Gasteiger charge is 2.42. The summed E-state index contributed by atoms with van der Waals surface area (Å²) in [5, 5.41) is 8.86. The zero-order valence-electron chi connectivity index (χ0n) is 10.7. The van der Waals surface area contributed by atoms with Crippen LogP contribution in [0.3, 0.4) is 0 Å². The number of anilines is 1. The van der Waals surface area contributed by atoms with E-state index in [0.29, 0.717) is 12.5 Å². The Labute approximate surface area is 114 Å². The van der Waals surface area contributed by atoms with Gasteiger partial charge in [-0.3, -0.25) is 0 Å². The Hall–Kier alpha value is -1.72. The molecule has 1 aromatic carbocycles. The van der Waals surface area contributed by atoms with E-state index in [0.717, 1.165) is 25.3 Å². The van der Waals surface area contributed by atoms with Crippen molar-refractivity contribution >= 4 is 11.7 Å². The Bertz CT molecular complexity index is 556. The van der Waals surface area contributed by atoms with Crippen LogP contribution in [-0.4, -0.2) is 23.7 Å². The number of rotatable bonds is 2. The van der Waals surface area contributed by atoms with E-state index in [1.807, 2.05) is 0 Å². The molecule has 1 aliphatic heterocycles. The summed E-state index contributed by atoms with van der Waals surface area (Å²) in [4.78, 5) is 12.7. The minimum absolute atomic E-state index is 0.120. The highest BCUT2D eigenvalue weighted by molar-refractivity contribution is 5.88. The van der Waals surface area contributed by atoms with Gasteiger partial charge in [0.15, 0.2) is 0 Å². The predicted molar refractivity (Wildman–Crippen MR) is 66.9 cm³/mol. The van der Waals surface area contributed by atoms with Crippen LogP contribution in [0.4, 0.5) is 18.9 Å². The number of nitrogens with zero attached hydrogens (tertiary/aromatic N) is 1. The van der Waals surface area contributed by atoms with Crippen LogP contribution in [0.15, 0.2) is 18.2 Å². The van der Waals surface area contributed by atoms with Crippen molar-refractivity contribution in [2.24, 2.45) is 5.92 Å². The van der Waals surface area contributed by atoms with Crippen LogP contribution < -0.4 is 4.90 Å². The van der Waals surface area contributed by atoms with Gasteiger partial charge in [-0.15, -0.1) is 0 Å². The lowest BCUT2D eigenvalue weighted by Gasteiger charge is -2.31. The molecule has 2 unspecified atom stereocenters. The maximum Gasteiger partial charge on any atom is 0.418 e. The molecule has 2 fully saturated rings. The Kier molecular flexibility index (Phi) is 2.92. The molecule has 0 spiro atoms. The highest BCUT2D eigenvalue weighted by atomic mass is 19.4. The Morgan fingerprint density at radius 2 is 2.05 bits per heavy atom. The van der Waals surface area contributed by atoms with Gasteiger partial charge in [-0.2, -0.15) is 13.2 Å². The van der Waals surface area contributed by atoms with Gasteiger partial charge in [-0.25, -0.2) is 4.79 Å². The van der Waals surface area contributed by atoms with E-state index in [1.165, 1.54) is 12.1 Å². The number of piperidine rings is 1. The van der Waals surface area contributed by atoms with Crippen LogP contribution in [0.2, 0.25) is 0 Å². The first-order valence-electron chi connectivity index (χ1n) is 6.57. The van der Waals surface area contributed by atoms with Gasteiger partial charge in [0.1, 0.15) is 0 Å². The molecule has 0 amide bonds. The Balaban J connectivity index is 2.04. The number of fused-ring (bicyclic) bond motifs is 2. The Morgan fingerprint density at radius 1 is 1.30 bits per heavy atom. The molecule has 20 heavy (non-hydrogen) atoms. The molecule has 1 aliphatic carbocycles. The van der Waals surface area contributed by atoms with Crippen LogP contribution >= 0.6 is 0 Å². The summed E-state index contributed by atoms with van der Waals surface area (Å²) in [7, 11) is 0. The maximum absolute atomic E-state index is 13.2. The fraction of sp³-hybridized carbons (Fsp3) is 0.500. The minimum atomic E-state index is -4.54. The molecule has 2 aliphatic rings. The standard InChI is InChI=1S/C14H14F3NO2/c15-14(16,17)11-6-9(13(19)20)2-4-12(11)18-7-8-1-3-10(18)5-8/h2,4,6,8,10H,1,3,5,7H2,(H,19,20). The molecule has 6 heteroatoms. The lowest BCUT2D eigenvalue weighted by Crippen LogP contribution is -2.33. The summed E-state index contributed by atoms with van der Waals surface area (Å²) >= 11 is 0. The van der Waals surface area contributed by atoms with Crippen LogP contribution in [-0.2, 0) is 6.18 Å². The summed E-state index contributed by atoms with van der Waals surface area (Å²) in [6.45, 7) is 0.639. The normalized spacial score (nSPS) is 25.2. The van der Waals surface area contributed by atoms with Crippen LogP contribution in [0.1, 0.15) is 35.2 Å². The number of hydrogen-bond acceptors (Lipinski definition) is 2. The zero-order valence-corrected chi connectivity index (χ0v) is 10.7. The van der Waals surface area contributed by atoms with Crippen molar-refractivity contribution in [3.05, 3.63) is 29.3 Å². The van der Waals surface area contributed by atoms with E-state index in [9.17, 15) is 18.0 Å². The van der Waals surface area contributed by atoms with E-state index in [2.05, 4.69) is 0 Å². The topological polar surface area (TPSA) is 40.5 Å². The molecule has 0 aromatic heterocycles. The minimum Gasteiger partial charge on any atom is -0.478 e. The molecular weight excluding hydrogens is 271 g/mol. The molecule has 2 bridgehead atoms. The lowest BCUT2D eigenvalue weighted by atomic mass is 10.0. The SMILES string of the molecule is O=C(O)c1ccc(N2CC3CCC2C3)c(C(F)(F)F)c1. The molecule has 1 heterocycles. The van der Waals surface area contributed by atoms with E-state index in [-0.39, 0.29) is 17.3 Å². The first-order valence-corrected chi connectivity index (χ1v) is 6.57. The molecule has 1 saturated carbocycles. The summed E-state index contributed by atoms with van der Waals surface area (Å²) in [6, 6.07) is 3.45. The number of carboxylic acids is 1. The molecular formula is C14H14F3NO2. The second-order valence-electron chi connectivity index (χ2n) is 5.52. The number of benzene rings is 1. The summed E-state index contributed by atoms with van der Waals surface area (Å²) in [5.41, 5.74) is -1.05. The second-order valence-corrected chi connectivity index (χ2v) is 5.52. The molecule has 3 nitrogen and oxygen atoms in total. The van der Waals surface area contributed by atoms with Crippen LogP contribution in [0.25, 0.3) is 0 Å². The van der Waals surface area contributed by atoms with Gasteiger partial charge < -0.3 is 10.0 Å². The second kappa shape index (κ2) is 4.40. The van der Waals surface area contributed by atoms with Gasteiger partial charge in [-0.1, -0.05) is 0 Å². The molecule has 0 radical (unpaired) electrons. The maximum atomic E-state index is 13.2. The summed E-state index contributed by atoms with van der Waals surface area (Å²) in [5.74, 6) is -0.870. The van der Waals surface area contributed by atoms with Gasteiger partial charge in [-0.05, 0) is 43.4 Å². The third-order valence-corrected chi connectivity index (χ3v) is 4.27. The van der Waals surface area contributed by atoms with Gasteiger partial charge in [0.2, 0.25) is 0 Å². The highest BCUT2D eigenvalue weighted by Crippen LogP contribution is 2.45. The summed E-state index contributed by atoms with van der Waals surface area (Å²) < 4.78 is 39.5. The van der Waals surface area contributed by atoms with Crippen molar-refractivity contribution in [3.8, 4) is 0 Å². The number of hydrogen-bond donors (Lipinski definition) is 1. The number of alkyl halides is 3. The van der Waals surface area contributed by atoms with Crippen molar-refractivity contribution in [1.29, 1.82) is 0 Å². The third kappa shape index (κ3) is 2.13. The quantitative estimate of drug-likeness (QED) is 0.905. The predicted octanol–water partition coefficient (Wildman–Crippen LogP) is 3.39. The molecule has 1 aromatic rings. The summed E-state index contributed by atoms with van der Waals surface area (Å²) in [6.07, 6.45) is -1.60. The number of carboxylic acid groups (broad SMARTS) is 1. The van der Waals surface area contributed by atoms with Crippen molar-refractivity contribution in [2.45, 2.75) is 31.5 Å². The third-order valence-electron chi connectivity index (χ3n) is 4.27. The smallest absolute Gasteiger partial charge is 0.418 e. The van der Waals surface area contributed by atoms with E-state index in [4.69, 9.17) is 5.11 Å². The molecule has 1 N–H and O–H groups in total. The number of carbonyl (C=O) groups is 1. The van der Waals surface area contributed by atoms with E-state index >= 15 is 0 Å². The molecule has 1 saturated heterocycles. The zero-order chi connectivity index (χ0) is 14.5. The van der Waals surface area contributed by atoms with Gasteiger partial charge in [0, 0.05) is 18.3 Å². The first kappa shape index (κ1) is 13.3. The first-order chi connectivity index (χ1) is 9.36. The average molecular weight is 285 g/mol. The lowest BCUT2D eigenvalue weighted by molar-refractivity contribution is -0.137. The Morgan fingerprint density at radius 3 is 2.55 bits per heavy atom. The number of halogens is 3. The van der Waals surface area contributed by atoms with Gasteiger partial charge >= 0.3 is 12.1 Å². The van der Waals surface area contributed by atoms with Crippen molar-refractivity contribution in [2.75, 3.05) is 11.4 Å². The van der Waals surface area contributed by atoms with E-state index < -0.39 is 17.7 Å². The fourth-order valence-electron chi connectivity index (χ4n) is 3.37. The van der Waals surface area contributed by atoms with Crippen LogP contribution in [0, 0.1) is 5.92 Å². The van der Waals surface area contributed by atoms with Crippen molar-refractivity contribution in [3.63, 3.8) is 0 Å². The number of aromatic carboxylic acids is 1. The van der Waals surface area contributed by atoms with E-state index in [1.54, 1.807) is 4.90 Å². The molecule has 3 rings (SSSR count). The fourth-order valence-corrected chi connectivity index (χ4v) is 3.37. The largest absolute Gasteiger partial charge is 0.478 e. The molecule has 2 atom stereocenters. The average Bonchev–Trinajstić information content (AvgIpc) is 2.99. The van der Waals surface area contributed by atoms with Gasteiger partial charge in [0.05, 0.1) is 11.1 Å². The van der Waals surface area contributed by atoms with Gasteiger partial charge in [0.25, 0.3) is 0 Å². The monoisotopic (exact) mass is 285 g/mol. The van der Waals surface area contributed by atoms with Crippen LogP contribution in [0.5, 0.6) is 0 Å². The van der Waals surface area contributed by atoms with Crippen molar-refractivity contribution < 1.29 is 23.1 Å².